The van der Waals surface area contributed by atoms with E-state index in [2.05, 4.69) is 4.52 Å². The summed E-state index contributed by atoms with van der Waals surface area (Å²) in [5, 5.41) is 0. The lowest BCUT2D eigenvalue weighted by Gasteiger charge is -2.11. The molecule has 0 aliphatic rings. The summed E-state index contributed by atoms with van der Waals surface area (Å²) in [7, 11) is -4.51. The minimum absolute atomic E-state index is 0.242. The van der Waals surface area contributed by atoms with E-state index in [0.29, 0.717) is 6.42 Å². The monoisotopic (exact) mass is 278 g/mol. The molecule has 0 spiro atoms. The number of phosphoric ester groups is 1. The van der Waals surface area contributed by atoms with Gasteiger partial charge in [0.1, 0.15) is 5.75 Å². The fraction of sp³-hybridized carbons (Fsp3) is 0.143. The molecule has 19 heavy (non-hydrogen) atoms. The summed E-state index contributed by atoms with van der Waals surface area (Å²) in [6, 6.07) is 16.8. The normalized spacial score (nSPS) is 11.3. The Labute approximate surface area is 111 Å². The van der Waals surface area contributed by atoms with Crippen LogP contribution in [0.2, 0.25) is 0 Å². The average Bonchev–Trinajstić information content (AvgIpc) is 2.37. The zero-order chi connectivity index (χ0) is 13.7. The molecule has 2 aromatic carbocycles. The van der Waals surface area contributed by atoms with Gasteiger partial charge in [0, 0.05) is 0 Å². The molecule has 0 bridgehead atoms. The smallest absolute Gasteiger partial charge is 0.404 e. The molecule has 2 rings (SSSR count). The first-order chi connectivity index (χ1) is 9.04. The second kappa shape index (κ2) is 6.02. The maximum absolute atomic E-state index is 10.9. The summed E-state index contributed by atoms with van der Waals surface area (Å²) in [5.41, 5.74) is 1.96. The van der Waals surface area contributed by atoms with Crippen LogP contribution in [0, 0.1) is 0 Å². The van der Waals surface area contributed by atoms with Crippen molar-refractivity contribution in [1.29, 1.82) is 0 Å². The number of phosphoric acid groups is 1. The first-order valence-electron chi connectivity index (χ1n) is 5.91. The Balaban J connectivity index is 2.10. The summed E-state index contributed by atoms with van der Waals surface area (Å²) in [4.78, 5) is 17.7. The van der Waals surface area contributed by atoms with Crippen LogP contribution in [0.5, 0.6) is 5.75 Å². The van der Waals surface area contributed by atoms with Crippen LogP contribution >= 0.6 is 7.82 Å². The van der Waals surface area contributed by atoms with Gasteiger partial charge in [-0.05, 0) is 30.0 Å². The topological polar surface area (TPSA) is 66.8 Å². The highest BCUT2D eigenvalue weighted by atomic mass is 31.2. The van der Waals surface area contributed by atoms with Crippen molar-refractivity contribution in [3.63, 3.8) is 0 Å². The second-order valence-corrected chi connectivity index (χ2v) is 5.34. The Kier molecular flexibility index (Phi) is 4.38. The summed E-state index contributed by atoms with van der Waals surface area (Å²) >= 11 is 0. The van der Waals surface area contributed by atoms with Gasteiger partial charge in [-0.25, -0.2) is 4.57 Å². The highest BCUT2D eigenvalue weighted by molar-refractivity contribution is 7.46. The average molecular weight is 278 g/mol. The zero-order valence-corrected chi connectivity index (χ0v) is 11.2. The Morgan fingerprint density at radius 1 is 0.895 bits per heavy atom. The Morgan fingerprint density at radius 2 is 1.53 bits per heavy atom. The van der Waals surface area contributed by atoms with Crippen LogP contribution < -0.4 is 4.52 Å². The van der Waals surface area contributed by atoms with Crippen molar-refractivity contribution < 1.29 is 18.9 Å². The van der Waals surface area contributed by atoms with Crippen molar-refractivity contribution in [2.24, 2.45) is 0 Å². The van der Waals surface area contributed by atoms with Gasteiger partial charge >= 0.3 is 7.82 Å². The molecule has 0 aliphatic carbocycles. The molecule has 2 N–H and O–H groups in total. The molecular weight excluding hydrogens is 263 g/mol. The lowest BCUT2D eigenvalue weighted by atomic mass is 10.0. The largest absolute Gasteiger partial charge is 0.524 e. The van der Waals surface area contributed by atoms with Crippen molar-refractivity contribution in [2.45, 2.75) is 12.8 Å². The van der Waals surface area contributed by atoms with Crippen LogP contribution in [0.25, 0.3) is 0 Å². The molecule has 0 amide bonds. The molecule has 2 aromatic rings. The summed E-state index contributed by atoms with van der Waals surface area (Å²) in [5.74, 6) is 0.242. The highest BCUT2D eigenvalue weighted by Gasteiger charge is 2.17. The molecule has 0 atom stereocenters. The van der Waals surface area contributed by atoms with Crippen molar-refractivity contribution in [3.8, 4) is 5.75 Å². The highest BCUT2D eigenvalue weighted by Crippen LogP contribution is 2.39. The maximum Gasteiger partial charge on any atom is 0.524 e. The van der Waals surface area contributed by atoms with Crippen LogP contribution in [0.15, 0.2) is 54.6 Å². The first kappa shape index (κ1) is 13.8. The molecule has 0 radical (unpaired) electrons. The van der Waals surface area contributed by atoms with E-state index >= 15 is 0 Å². The van der Waals surface area contributed by atoms with Gasteiger partial charge < -0.3 is 4.52 Å². The molecule has 5 heteroatoms. The Hall–Kier alpha value is -1.61. The van der Waals surface area contributed by atoms with Gasteiger partial charge in [-0.15, -0.1) is 0 Å². The lowest BCUT2D eigenvalue weighted by Crippen LogP contribution is -1.97. The van der Waals surface area contributed by atoms with Gasteiger partial charge in [-0.3, -0.25) is 9.79 Å². The van der Waals surface area contributed by atoms with Crippen LogP contribution in [0.3, 0.4) is 0 Å². The van der Waals surface area contributed by atoms with Gasteiger partial charge in [0.2, 0.25) is 0 Å². The molecular formula is C14H15O4P. The van der Waals surface area contributed by atoms with E-state index in [-0.39, 0.29) is 5.75 Å². The number of rotatable bonds is 5. The van der Waals surface area contributed by atoms with E-state index in [1.54, 1.807) is 12.1 Å². The van der Waals surface area contributed by atoms with E-state index in [0.717, 1.165) is 12.0 Å². The lowest BCUT2D eigenvalue weighted by molar-refractivity contribution is 0.282. The standard InChI is InChI=1S/C14H15O4P/c15-19(16,17)18-14-9-5-4-8-13(14)11-10-12-6-2-1-3-7-12/h1-9H,10-11H2,(H2,15,16,17). The molecule has 4 nitrogen and oxygen atoms in total. The molecule has 0 heterocycles. The van der Waals surface area contributed by atoms with Crippen LogP contribution in [-0.2, 0) is 17.4 Å². The predicted octanol–water partition coefficient (Wildman–Crippen LogP) is 2.94. The Bertz CT molecular complexity index is 577. The van der Waals surface area contributed by atoms with E-state index < -0.39 is 7.82 Å². The first-order valence-corrected chi connectivity index (χ1v) is 7.44. The molecule has 0 fully saturated rings. The van der Waals surface area contributed by atoms with E-state index in [1.165, 1.54) is 5.56 Å². The van der Waals surface area contributed by atoms with Crippen molar-refractivity contribution in [3.05, 3.63) is 65.7 Å². The van der Waals surface area contributed by atoms with Gasteiger partial charge in [-0.1, -0.05) is 48.5 Å². The third-order valence-electron chi connectivity index (χ3n) is 2.72. The van der Waals surface area contributed by atoms with Crippen molar-refractivity contribution in [1.82, 2.24) is 0 Å². The number of benzene rings is 2. The number of hydrogen-bond acceptors (Lipinski definition) is 2. The van der Waals surface area contributed by atoms with Crippen LogP contribution in [0.4, 0.5) is 0 Å². The van der Waals surface area contributed by atoms with Gasteiger partial charge in [0.25, 0.3) is 0 Å². The summed E-state index contributed by atoms with van der Waals surface area (Å²) in [6.45, 7) is 0. The number of para-hydroxylation sites is 1. The molecule has 0 unspecified atom stereocenters. The zero-order valence-electron chi connectivity index (χ0n) is 10.3. The molecule has 100 valence electrons. The van der Waals surface area contributed by atoms with Crippen LogP contribution in [-0.4, -0.2) is 9.79 Å². The third kappa shape index (κ3) is 4.52. The maximum atomic E-state index is 10.9. The summed E-state index contributed by atoms with van der Waals surface area (Å²) < 4.78 is 15.6. The van der Waals surface area contributed by atoms with Crippen molar-refractivity contribution in [2.75, 3.05) is 0 Å². The molecule has 0 saturated carbocycles. The van der Waals surface area contributed by atoms with E-state index in [9.17, 15) is 4.57 Å². The fourth-order valence-corrected chi connectivity index (χ4v) is 2.29. The Morgan fingerprint density at radius 3 is 2.21 bits per heavy atom. The van der Waals surface area contributed by atoms with Gasteiger partial charge in [-0.2, -0.15) is 0 Å². The SMILES string of the molecule is O=P(O)(O)Oc1ccccc1CCc1ccccc1. The number of hydrogen-bond donors (Lipinski definition) is 2. The summed E-state index contributed by atoms with van der Waals surface area (Å²) in [6.07, 6.45) is 1.46. The van der Waals surface area contributed by atoms with E-state index in [1.807, 2.05) is 42.5 Å². The van der Waals surface area contributed by atoms with Gasteiger partial charge in [0.15, 0.2) is 0 Å². The van der Waals surface area contributed by atoms with E-state index in [4.69, 9.17) is 9.79 Å². The number of aryl methyl sites for hydroxylation is 2. The minimum atomic E-state index is -4.51. The predicted molar refractivity (Wildman–Crippen MR) is 73.0 cm³/mol. The molecule has 0 aliphatic heterocycles. The minimum Gasteiger partial charge on any atom is -0.404 e. The second-order valence-electron chi connectivity index (χ2n) is 4.18. The quantitative estimate of drug-likeness (QED) is 0.825. The van der Waals surface area contributed by atoms with Gasteiger partial charge in [0.05, 0.1) is 0 Å². The third-order valence-corrected chi connectivity index (χ3v) is 3.15. The fourth-order valence-electron chi connectivity index (χ4n) is 1.85. The van der Waals surface area contributed by atoms with Crippen molar-refractivity contribution >= 4 is 7.82 Å². The van der Waals surface area contributed by atoms with Crippen LogP contribution in [0.1, 0.15) is 11.1 Å². The molecule has 0 aromatic heterocycles. The molecule has 0 saturated heterocycles.